The quantitative estimate of drug-likeness (QED) is 0.574. The van der Waals surface area contributed by atoms with E-state index >= 15 is 0 Å². The van der Waals surface area contributed by atoms with Crippen molar-refractivity contribution in [3.05, 3.63) is 29.1 Å². The average molecular weight is 379 g/mol. The number of benzene rings is 1. The van der Waals surface area contributed by atoms with Gasteiger partial charge in [0.25, 0.3) is 5.91 Å². The summed E-state index contributed by atoms with van der Waals surface area (Å²) in [5, 5.41) is 2.93. The number of likely N-dealkylation sites (tertiary alicyclic amines) is 1. The highest BCUT2D eigenvalue weighted by molar-refractivity contribution is 6.03. The zero-order chi connectivity index (χ0) is 20.0. The molecule has 1 aromatic rings. The molecular formula is C21H32FN2O3+. The fraction of sp³-hybridized carbons (Fsp3) is 0.619. The van der Waals surface area contributed by atoms with E-state index in [1.807, 2.05) is 6.92 Å². The van der Waals surface area contributed by atoms with Gasteiger partial charge in [0.1, 0.15) is 5.82 Å². The molecule has 1 saturated heterocycles. The van der Waals surface area contributed by atoms with Gasteiger partial charge in [-0.25, -0.2) is 9.18 Å². The number of nitrogens with zero attached hydrogens (tertiary/aromatic N) is 1. The molecule has 1 N–H and O–H groups in total. The Morgan fingerprint density at radius 3 is 2.41 bits per heavy atom. The number of anilines is 1. The van der Waals surface area contributed by atoms with Gasteiger partial charge >= 0.3 is 5.97 Å². The second-order valence-corrected chi connectivity index (χ2v) is 7.32. The molecule has 0 saturated carbocycles. The molecule has 0 aliphatic carbocycles. The second-order valence-electron chi connectivity index (χ2n) is 7.32. The van der Waals surface area contributed by atoms with Gasteiger partial charge in [0.2, 0.25) is 0 Å². The third-order valence-electron chi connectivity index (χ3n) is 5.73. The van der Waals surface area contributed by atoms with Gasteiger partial charge in [-0.1, -0.05) is 6.92 Å². The minimum absolute atomic E-state index is 0.0687. The molecule has 2 rings (SSSR count). The molecular weight excluding hydrogens is 347 g/mol. The van der Waals surface area contributed by atoms with Gasteiger partial charge in [-0.05, 0) is 57.7 Å². The molecule has 1 heterocycles. The standard InChI is InChI=1S/C21H31FN2O3/c1-5-18(24(6-2)11-9-8-10-12-24)20(25)23-19-15(4)13-16(22)14-17(19)21(26)27-7-3/h13-14,18H,5-12H2,1-4H3/p+1. The van der Waals surface area contributed by atoms with E-state index in [1.165, 1.54) is 12.5 Å². The lowest BCUT2D eigenvalue weighted by Gasteiger charge is -2.45. The molecule has 1 aliphatic rings. The number of rotatable bonds is 7. The number of hydrogen-bond donors (Lipinski definition) is 1. The predicted molar refractivity (Wildman–Crippen MR) is 104 cm³/mol. The molecule has 27 heavy (non-hydrogen) atoms. The fourth-order valence-corrected chi connectivity index (χ4v) is 4.30. The first kappa shape index (κ1) is 21.4. The molecule has 1 unspecified atom stereocenters. The molecule has 0 spiro atoms. The van der Waals surface area contributed by atoms with Crippen molar-refractivity contribution in [2.45, 2.75) is 59.4 Å². The first-order valence-corrected chi connectivity index (χ1v) is 10.0. The molecule has 1 aromatic carbocycles. The lowest BCUT2D eigenvalue weighted by atomic mass is 10.00. The van der Waals surface area contributed by atoms with Crippen LogP contribution in [-0.2, 0) is 9.53 Å². The van der Waals surface area contributed by atoms with Crippen molar-refractivity contribution in [1.29, 1.82) is 0 Å². The lowest BCUT2D eigenvalue weighted by Crippen LogP contribution is -2.61. The van der Waals surface area contributed by atoms with Crippen molar-refractivity contribution in [2.75, 3.05) is 31.6 Å². The summed E-state index contributed by atoms with van der Waals surface area (Å²) < 4.78 is 19.7. The Hall–Kier alpha value is -1.95. The highest BCUT2D eigenvalue weighted by Gasteiger charge is 2.40. The summed E-state index contributed by atoms with van der Waals surface area (Å²) in [5.41, 5.74) is 0.937. The van der Waals surface area contributed by atoms with Gasteiger partial charge in [0.15, 0.2) is 6.04 Å². The summed E-state index contributed by atoms with van der Waals surface area (Å²) in [6.45, 7) is 10.6. The summed E-state index contributed by atoms with van der Waals surface area (Å²) in [6.07, 6.45) is 4.18. The number of nitrogens with one attached hydrogen (secondary N) is 1. The van der Waals surface area contributed by atoms with Crippen molar-refractivity contribution < 1.29 is 23.2 Å². The Morgan fingerprint density at radius 1 is 1.19 bits per heavy atom. The Balaban J connectivity index is 2.34. The van der Waals surface area contributed by atoms with E-state index in [0.717, 1.165) is 43.0 Å². The molecule has 1 atom stereocenters. The first-order valence-electron chi connectivity index (χ1n) is 10.0. The molecule has 0 bridgehead atoms. The molecule has 150 valence electrons. The van der Waals surface area contributed by atoms with Gasteiger partial charge in [-0.15, -0.1) is 0 Å². The van der Waals surface area contributed by atoms with E-state index in [0.29, 0.717) is 17.7 Å². The van der Waals surface area contributed by atoms with Crippen LogP contribution in [0.15, 0.2) is 12.1 Å². The minimum atomic E-state index is -0.624. The highest BCUT2D eigenvalue weighted by Crippen LogP contribution is 2.28. The van der Waals surface area contributed by atoms with Gasteiger partial charge in [0.05, 0.1) is 37.5 Å². The van der Waals surface area contributed by atoms with E-state index in [2.05, 4.69) is 12.2 Å². The van der Waals surface area contributed by atoms with E-state index in [9.17, 15) is 14.0 Å². The largest absolute Gasteiger partial charge is 0.462 e. The van der Waals surface area contributed by atoms with E-state index in [-0.39, 0.29) is 24.1 Å². The third-order valence-corrected chi connectivity index (χ3v) is 5.73. The Kier molecular flexibility index (Phi) is 7.36. The predicted octanol–water partition coefficient (Wildman–Crippen LogP) is 4.05. The van der Waals surface area contributed by atoms with Crippen LogP contribution in [0.3, 0.4) is 0 Å². The Bertz CT molecular complexity index is 684. The number of amides is 1. The average Bonchev–Trinajstić information content (AvgIpc) is 2.65. The normalized spacial score (nSPS) is 17.2. The Morgan fingerprint density at radius 2 is 1.85 bits per heavy atom. The van der Waals surface area contributed by atoms with Crippen molar-refractivity contribution in [3.8, 4) is 0 Å². The number of quaternary nitrogens is 1. The number of carbonyl (C=O) groups is 2. The number of halogens is 1. The number of aryl methyl sites for hydroxylation is 1. The van der Waals surface area contributed by atoms with E-state index in [4.69, 9.17) is 4.74 Å². The topological polar surface area (TPSA) is 55.4 Å². The van der Waals surface area contributed by atoms with E-state index in [1.54, 1.807) is 13.8 Å². The minimum Gasteiger partial charge on any atom is -0.462 e. The van der Waals surface area contributed by atoms with Crippen LogP contribution in [0.5, 0.6) is 0 Å². The van der Waals surface area contributed by atoms with Crippen LogP contribution < -0.4 is 5.32 Å². The molecule has 0 aromatic heterocycles. The monoisotopic (exact) mass is 379 g/mol. The van der Waals surface area contributed by atoms with Crippen LogP contribution >= 0.6 is 0 Å². The summed E-state index contributed by atoms with van der Waals surface area (Å²) in [5.74, 6) is -1.25. The van der Waals surface area contributed by atoms with Gasteiger partial charge in [-0.2, -0.15) is 0 Å². The van der Waals surface area contributed by atoms with Gasteiger partial charge < -0.3 is 14.5 Å². The highest BCUT2D eigenvalue weighted by atomic mass is 19.1. The van der Waals surface area contributed by atoms with Crippen molar-refractivity contribution in [1.82, 2.24) is 0 Å². The van der Waals surface area contributed by atoms with Crippen LogP contribution in [0.2, 0.25) is 0 Å². The SMILES string of the molecule is CCOC(=O)c1cc(F)cc(C)c1NC(=O)C(CC)[N+]1(CC)CCCCC1. The Labute approximate surface area is 161 Å². The molecule has 1 fully saturated rings. The number of carbonyl (C=O) groups excluding carboxylic acids is 2. The number of esters is 1. The van der Waals surface area contributed by atoms with Gasteiger partial charge in [0, 0.05) is 6.42 Å². The summed E-state index contributed by atoms with van der Waals surface area (Å²) >= 11 is 0. The maximum absolute atomic E-state index is 13.9. The molecule has 1 amide bonds. The van der Waals surface area contributed by atoms with Gasteiger partial charge in [-0.3, -0.25) is 4.79 Å². The number of likely N-dealkylation sites (N-methyl/N-ethyl adjacent to an activating group) is 1. The number of piperidine rings is 1. The second kappa shape index (κ2) is 9.31. The molecule has 0 radical (unpaired) electrons. The summed E-state index contributed by atoms with van der Waals surface area (Å²) in [6, 6.07) is 2.27. The lowest BCUT2D eigenvalue weighted by molar-refractivity contribution is -0.945. The molecule has 5 nitrogen and oxygen atoms in total. The zero-order valence-corrected chi connectivity index (χ0v) is 16.9. The van der Waals surface area contributed by atoms with Crippen LogP contribution in [0.1, 0.15) is 62.4 Å². The van der Waals surface area contributed by atoms with Crippen molar-refractivity contribution in [2.24, 2.45) is 0 Å². The van der Waals surface area contributed by atoms with Crippen molar-refractivity contribution >= 4 is 17.6 Å². The van der Waals surface area contributed by atoms with Crippen LogP contribution in [0.4, 0.5) is 10.1 Å². The maximum atomic E-state index is 13.9. The number of ether oxygens (including phenoxy) is 1. The van der Waals surface area contributed by atoms with Crippen LogP contribution in [-0.4, -0.2) is 48.6 Å². The maximum Gasteiger partial charge on any atom is 0.340 e. The van der Waals surface area contributed by atoms with Crippen molar-refractivity contribution in [3.63, 3.8) is 0 Å². The van der Waals surface area contributed by atoms with Crippen LogP contribution in [0.25, 0.3) is 0 Å². The number of hydrogen-bond acceptors (Lipinski definition) is 3. The van der Waals surface area contributed by atoms with Crippen LogP contribution in [0, 0.1) is 12.7 Å². The smallest absolute Gasteiger partial charge is 0.340 e. The fourth-order valence-electron chi connectivity index (χ4n) is 4.30. The summed E-state index contributed by atoms with van der Waals surface area (Å²) in [4.78, 5) is 25.5. The summed E-state index contributed by atoms with van der Waals surface area (Å²) in [7, 11) is 0. The first-order chi connectivity index (χ1) is 12.9. The van der Waals surface area contributed by atoms with E-state index < -0.39 is 11.8 Å². The zero-order valence-electron chi connectivity index (χ0n) is 16.9. The third kappa shape index (κ3) is 4.67. The molecule has 6 heteroatoms. The molecule has 1 aliphatic heterocycles.